The average molecular weight is 289 g/mol. The first-order valence-electron chi connectivity index (χ1n) is 6.73. The molecule has 104 valence electrons. The molecule has 0 aromatic carbocycles. The van der Waals surface area contributed by atoms with Crippen LogP contribution in [0.5, 0.6) is 0 Å². The highest BCUT2D eigenvalue weighted by molar-refractivity contribution is 7.08. The molecule has 1 aliphatic heterocycles. The van der Waals surface area contributed by atoms with Gasteiger partial charge in [-0.05, 0) is 24.3 Å². The molecule has 2 aliphatic rings. The van der Waals surface area contributed by atoms with Crippen LogP contribution in [0.4, 0.5) is 0 Å². The van der Waals surface area contributed by atoms with Crippen molar-refractivity contribution in [3.8, 4) is 11.3 Å². The van der Waals surface area contributed by atoms with Crippen LogP contribution in [0.3, 0.4) is 0 Å². The van der Waals surface area contributed by atoms with Gasteiger partial charge in [0.15, 0.2) is 0 Å². The molecule has 1 aliphatic carbocycles. The molecule has 1 unspecified atom stereocenters. The van der Waals surface area contributed by atoms with E-state index in [0.29, 0.717) is 18.7 Å². The van der Waals surface area contributed by atoms with E-state index in [0.717, 1.165) is 24.1 Å². The lowest BCUT2D eigenvalue weighted by atomic mass is 10.0. The van der Waals surface area contributed by atoms with E-state index >= 15 is 0 Å². The summed E-state index contributed by atoms with van der Waals surface area (Å²) < 4.78 is 0. The van der Waals surface area contributed by atoms with E-state index < -0.39 is 0 Å². The number of thiophene rings is 1. The molecule has 2 aromatic heterocycles. The van der Waals surface area contributed by atoms with Gasteiger partial charge in [0.2, 0.25) is 0 Å². The fraction of sp³-hybridized carbons (Fsp3) is 0.429. The first kappa shape index (κ1) is 12.1. The molecule has 0 radical (unpaired) electrons. The maximum absolute atomic E-state index is 12.6. The number of aliphatic hydroxyl groups excluding tert-OH is 1. The number of carbonyl (C=O) groups excluding carboxylic acids is 1. The van der Waals surface area contributed by atoms with Gasteiger partial charge < -0.3 is 10.0 Å². The highest BCUT2D eigenvalue weighted by Crippen LogP contribution is 2.53. The summed E-state index contributed by atoms with van der Waals surface area (Å²) in [6, 6.07) is 1.97. The van der Waals surface area contributed by atoms with Crippen molar-refractivity contribution in [2.45, 2.75) is 18.9 Å². The van der Waals surface area contributed by atoms with E-state index in [4.69, 9.17) is 0 Å². The van der Waals surface area contributed by atoms with E-state index in [2.05, 4.69) is 10.2 Å². The van der Waals surface area contributed by atoms with Crippen LogP contribution < -0.4 is 0 Å². The number of nitrogens with zero attached hydrogens (tertiary/aromatic N) is 2. The zero-order valence-corrected chi connectivity index (χ0v) is 11.7. The summed E-state index contributed by atoms with van der Waals surface area (Å²) in [5.74, 6) is -0.0391. The minimum absolute atomic E-state index is 0.0120. The number of amides is 1. The van der Waals surface area contributed by atoms with Crippen LogP contribution in [0.25, 0.3) is 11.3 Å². The third kappa shape index (κ3) is 1.72. The number of carbonyl (C=O) groups is 1. The zero-order chi connectivity index (χ0) is 13.7. The predicted molar refractivity (Wildman–Crippen MR) is 75.5 cm³/mol. The topological polar surface area (TPSA) is 69.2 Å². The molecule has 20 heavy (non-hydrogen) atoms. The maximum atomic E-state index is 12.6. The lowest BCUT2D eigenvalue weighted by Crippen LogP contribution is -2.29. The van der Waals surface area contributed by atoms with E-state index in [1.807, 2.05) is 16.8 Å². The molecule has 2 aromatic rings. The average Bonchev–Trinajstić information content (AvgIpc) is 2.88. The van der Waals surface area contributed by atoms with Crippen molar-refractivity contribution in [3.63, 3.8) is 0 Å². The highest BCUT2D eigenvalue weighted by atomic mass is 32.1. The zero-order valence-electron chi connectivity index (χ0n) is 10.9. The largest absolute Gasteiger partial charge is 0.391 e. The lowest BCUT2D eigenvalue weighted by Gasteiger charge is -2.15. The van der Waals surface area contributed by atoms with Gasteiger partial charge in [-0.2, -0.15) is 16.4 Å². The van der Waals surface area contributed by atoms with Gasteiger partial charge in [-0.1, -0.05) is 0 Å². The monoisotopic (exact) mass is 289 g/mol. The number of H-pyrrole nitrogens is 1. The normalized spacial score (nSPS) is 23.4. The van der Waals surface area contributed by atoms with E-state index in [1.54, 1.807) is 22.4 Å². The molecule has 4 rings (SSSR count). The van der Waals surface area contributed by atoms with Crippen LogP contribution in [-0.4, -0.2) is 45.3 Å². The van der Waals surface area contributed by atoms with Gasteiger partial charge >= 0.3 is 0 Å². The first-order chi connectivity index (χ1) is 9.70. The fourth-order valence-corrected chi connectivity index (χ4v) is 3.65. The Hall–Kier alpha value is -1.66. The lowest BCUT2D eigenvalue weighted by molar-refractivity contribution is 0.0765. The van der Waals surface area contributed by atoms with Crippen molar-refractivity contribution < 1.29 is 9.90 Å². The molecule has 2 N–H and O–H groups in total. The van der Waals surface area contributed by atoms with Gasteiger partial charge in [-0.15, -0.1) is 0 Å². The minimum Gasteiger partial charge on any atom is -0.391 e. The molecule has 1 amide bonds. The van der Waals surface area contributed by atoms with E-state index in [9.17, 15) is 9.90 Å². The Bertz CT molecular complexity index is 645. The number of nitrogens with one attached hydrogen (secondary N) is 1. The van der Waals surface area contributed by atoms with Crippen molar-refractivity contribution in [2.24, 2.45) is 5.41 Å². The van der Waals surface area contributed by atoms with Crippen molar-refractivity contribution in [1.82, 2.24) is 15.1 Å². The Balaban J connectivity index is 1.62. The van der Waals surface area contributed by atoms with Crippen molar-refractivity contribution in [3.05, 3.63) is 28.6 Å². The summed E-state index contributed by atoms with van der Waals surface area (Å²) in [6.45, 7) is 1.11. The number of hydrogen-bond donors (Lipinski definition) is 2. The molecule has 1 spiro atoms. The molecule has 1 saturated heterocycles. The minimum atomic E-state index is -0.372. The number of hydrogen-bond acceptors (Lipinski definition) is 4. The summed E-state index contributed by atoms with van der Waals surface area (Å²) >= 11 is 1.59. The standard InChI is InChI=1S/C14H15N3O2S/c18-11-6-17(8-14(11)2-3-14)13(19)10-5-15-16-12(10)9-1-4-20-7-9/h1,4-5,7,11,18H,2-3,6,8H2,(H,15,16). The number of β-amino-alcohol motifs (C(OH)–C–C–N with tert-alkyl or cyclic N) is 1. The molecular weight excluding hydrogens is 274 g/mol. The number of aromatic nitrogens is 2. The Morgan fingerprint density at radius 1 is 1.55 bits per heavy atom. The number of rotatable bonds is 2. The van der Waals surface area contributed by atoms with Crippen LogP contribution >= 0.6 is 11.3 Å². The molecule has 5 nitrogen and oxygen atoms in total. The summed E-state index contributed by atoms with van der Waals surface area (Å²) in [5.41, 5.74) is 2.33. The summed E-state index contributed by atoms with van der Waals surface area (Å²) in [4.78, 5) is 14.4. The van der Waals surface area contributed by atoms with Crippen molar-refractivity contribution in [1.29, 1.82) is 0 Å². The van der Waals surface area contributed by atoms with Gasteiger partial charge in [0.25, 0.3) is 5.91 Å². The summed E-state index contributed by atoms with van der Waals surface area (Å²) in [5, 5.41) is 21.0. The van der Waals surface area contributed by atoms with Crippen LogP contribution in [0, 0.1) is 5.41 Å². The van der Waals surface area contributed by atoms with Crippen LogP contribution in [0.1, 0.15) is 23.2 Å². The predicted octanol–water partition coefficient (Wildman–Crippen LogP) is 1.74. The number of aromatic amines is 1. The second-order valence-corrected chi connectivity index (χ2v) is 6.51. The molecule has 1 atom stereocenters. The number of likely N-dealkylation sites (tertiary alicyclic amines) is 1. The second kappa shape index (κ2) is 4.17. The highest BCUT2D eigenvalue weighted by Gasteiger charge is 2.55. The molecule has 0 bridgehead atoms. The van der Waals surface area contributed by atoms with Gasteiger partial charge in [0.05, 0.1) is 23.6 Å². The van der Waals surface area contributed by atoms with E-state index in [1.165, 1.54) is 0 Å². The SMILES string of the molecule is O=C(c1cn[nH]c1-c1ccsc1)N1CC(O)C2(CC2)C1. The number of aliphatic hydroxyl groups is 1. The smallest absolute Gasteiger partial charge is 0.257 e. The molecule has 6 heteroatoms. The molecule has 1 saturated carbocycles. The first-order valence-corrected chi connectivity index (χ1v) is 7.67. The Kier molecular flexibility index (Phi) is 2.52. The fourth-order valence-electron chi connectivity index (χ4n) is 3.00. The van der Waals surface area contributed by atoms with Crippen molar-refractivity contribution in [2.75, 3.05) is 13.1 Å². The Morgan fingerprint density at radius 2 is 2.40 bits per heavy atom. The Labute approximate surface area is 120 Å². The summed E-state index contributed by atoms with van der Waals surface area (Å²) in [6.07, 6.45) is 3.27. The Morgan fingerprint density at radius 3 is 3.05 bits per heavy atom. The van der Waals surface area contributed by atoms with Gasteiger partial charge in [0, 0.05) is 29.4 Å². The van der Waals surface area contributed by atoms with Crippen LogP contribution in [0.15, 0.2) is 23.0 Å². The maximum Gasteiger partial charge on any atom is 0.257 e. The quantitative estimate of drug-likeness (QED) is 0.884. The molecule has 2 fully saturated rings. The van der Waals surface area contributed by atoms with Gasteiger partial charge in [0.1, 0.15) is 0 Å². The second-order valence-electron chi connectivity index (χ2n) is 5.73. The van der Waals surface area contributed by atoms with E-state index in [-0.39, 0.29) is 17.4 Å². The summed E-state index contributed by atoms with van der Waals surface area (Å²) in [7, 11) is 0. The van der Waals surface area contributed by atoms with Crippen molar-refractivity contribution >= 4 is 17.2 Å². The third-order valence-electron chi connectivity index (χ3n) is 4.46. The molecule has 3 heterocycles. The third-order valence-corrected chi connectivity index (χ3v) is 5.15. The molecular formula is C14H15N3O2S. The van der Waals surface area contributed by atoms with Crippen LogP contribution in [0.2, 0.25) is 0 Å². The van der Waals surface area contributed by atoms with Crippen LogP contribution in [-0.2, 0) is 0 Å². The van der Waals surface area contributed by atoms with Gasteiger partial charge in [-0.3, -0.25) is 9.89 Å². The van der Waals surface area contributed by atoms with Gasteiger partial charge in [-0.25, -0.2) is 0 Å².